The van der Waals surface area contributed by atoms with E-state index in [9.17, 15) is 27.6 Å². The van der Waals surface area contributed by atoms with Gasteiger partial charge < -0.3 is 5.73 Å². The Morgan fingerprint density at radius 2 is 1.76 bits per heavy atom. The van der Waals surface area contributed by atoms with Crippen LogP contribution in [0.5, 0.6) is 0 Å². The topological polar surface area (TPSA) is 80.5 Å². The second-order valence-electron chi connectivity index (χ2n) is 6.42. The van der Waals surface area contributed by atoms with Crippen molar-refractivity contribution in [1.29, 1.82) is 0 Å². The van der Waals surface area contributed by atoms with Gasteiger partial charge in [-0.25, -0.2) is 0 Å². The molecule has 0 saturated heterocycles. The molecule has 2 N–H and O–H groups in total. The lowest BCUT2D eigenvalue weighted by Gasteiger charge is -2.30. The van der Waals surface area contributed by atoms with E-state index >= 15 is 0 Å². The van der Waals surface area contributed by atoms with Crippen LogP contribution in [0.3, 0.4) is 0 Å². The third-order valence-electron chi connectivity index (χ3n) is 4.32. The van der Waals surface area contributed by atoms with Crippen LogP contribution in [0.1, 0.15) is 19.8 Å². The normalized spacial score (nSPS) is 12.6. The fourth-order valence-electron chi connectivity index (χ4n) is 3.00. The minimum atomic E-state index is -4.84. The first kappa shape index (κ1) is 22.7. The van der Waals surface area contributed by atoms with Gasteiger partial charge in [-0.15, -0.1) is 0 Å². The van der Waals surface area contributed by atoms with E-state index in [1.165, 1.54) is 11.8 Å². The van der Waals surface area contributed by atoms with Crippen LogP contribution in [0.15, 0.2) is 42.5 Å². The molecule has 0 aliphatic heterocycles. The number of anilines is 1. The van der Waals surface area contributed by atoms with E-state index in [-0.39, 0.29) is 18.1 Å². The number of nitrogens with zero attached hydrogens (tertiary/aromatic N) is 1. The maximum absolute atomic E-state index is 12.4. The molecule has 1 atom stereocenters. The fraction of sp³-hybridized carbons (Fsp3) is 0.350. The molecule has 2 aromatic rings. The second kappa shape index (κ2) is 9.78. The summed E-state index contributed by atoms with van der Waals surface area (Å²) in [6.45, 7) is 1.33. The van der Waals surface area contributed by atoms with Gasteiger partial charge in [-0.2, -0.15) is 24.9 Å². The largest absolute Gasteiger partial charge is 0.450 e. The van der Waals surface area contributed by atoms with Gasteiger partial charge in [-0.1, -0.05) is 36.4 Å². The van der Waals surface area contributed by atoms with Crippen LogP contribution >= 0.6 is 11.8 Å². The maximum Gasteiger partial charge on any atom is 0.450 e. The zero-order valence-electron chi connectivity index (χ0n) is 15.7. The van der Waals surface area contributed by atoms with Gasteiger partial charge in [0.2, 0.25) is 17.6 Å². The van der Waals surface area contributed by atoms with Crippen LogP contribution in [-0.4, -0.2) is 41.3 Å². The predicted molar refractivity (Wildman–Crippen MR) is 108 cm³/mol. The van der Waals surface area contributed by atoms with Crippen molar-refractivity contribution in [2.24, 2.45) is 5.73 Å². The maximum atomic E-state index is 12.4. The van der Waals surface area contributed by atoms with Gasteiger partial charge in [0.15, 0.2) is 0 Å². The van der Waals surface area contributed by atoms with Crippen molar-refractivity contribution in [2.75, 3.05) is 16.4 Å². The lowest BCUT2D eigenvalue weighted by molar-refractivity contribution is -0.167. The molecular formula is C20H21F3N2O3S. The molecule has 0 saturated carbocycles. The minimum Gasteiger partial charge on any atom is -0.368 e. The Hall–Kier alpha value is -2.55. The number of benzene rings is 2. The number of amides is 2. The Kier molecular flexibility index (Phi) is 7.66. The van der Waals surface area contributed by atoms with E-state index in [1.807, 2.05) is 30.3 Å². The van der Waals surface area contributed by atoms with Crippen LogP contribution < -0.4 is 10.6 Å². The summed E-state index contributed by atoms with van der Waals surface area (Å²) < 4.78 is 36.7. The third-order valence-corrected chi connectivity index (χ3v) is 5.36. The molecule has 156 valence electrons. The number of hydrogen-bond donors (Lipinski definition) is 1. The third kappa shape index (κ3) is 5.96. The number of rotatable bonds is 9. The first-order valence-electron chi connectivity index (χ1n) is 8.87. The highest BCUT2D eigenvalue weighted by Gasteiger charge is 2.37. The van der Waals surface area contributed by atoms with Crippen LogP contribution in [0.25, 0.3) is 10.8 Å². The number of thioether (sulfide) groups is 1. The first-order valence-corrected chi connectivity index (χ1v) is 10.0. The van der Waals surface area contributed by atoms with E-state index < -0.39 is 29.7 Å². The van der Waals surface area contributed by atoms with Gasteiger partial charge in [-0.05, 0) is 30.0 Å². The lowest BCUT2D eigenvalue weighted by Crippen LogP contribution is -2.47. The molecule has 9 heteroatoms. The monoisotopic (exact) mass is 426 g/mol. The van der Waals surface area contributed by atoms with Gasteiger partial charge in [0.1, 0.15) is 6.04 Å². The molecular weight excluding hydrogens is 405 g/mol. The Morgan fingerprint density at radius 1 is 1.10 bits per heavy atom. The van der Waals surface area contributed by atoms with Crippen LogP contribution in [0, 0.1) is 0 Å². The molecule has 2 rings (SSSR count). The summed E-state index contributed by atoms with van der Waals surface area (Å²) in [4.78, 5) is 36.7. The molecule has 0 bridgehead atoms. The van der Waals surface area contributed by atoms with Crippen molar-refractivity contribution in [1.82, 2.24) is 0 Å². The second-order valence-corrected chi connectivity index (χ2v) is 7.53. The number of hydrogen-bond acceptors (Lipinski definition) is 4. The average molecular weight is 426 g/mol. The number of fused-ring (bicyclic) bond motifs is 1. The van der Waals surface area contributed by atoms with Crippen molar-refractivity contribution in [2.45, 2.75) is 32.0 Å². The Balaban J connectivity index is 2.13. The highest BCUT2D eigenvalue weighted by molar-refractivity contribution is 7.99. The van der Waals surface area contributed by atoms with E-state index in [0.29, 0.717) is 12.1 Å². The number of ketones is 1. The number of Topliss-reactive ketones (excluding diaryl/α,β-unsaturated/α-hetero) is 1. The fourth-order valence-corrected chi connectivity index (χ4v) is 3.86. The highest BCUT2D eigenvalue weighted by Crippen LogP contribution is 2.29. The zero-order valence-corrected chi connectivity index (χ0v) is 16.6. The summed E-state index contributed by atoms with van der Waals surface area (Å²) >= 11 is 0.835. The molecule has 0 heterocycles. The van der Waals surface area contributed by atoms with Crippen molar-refractivity contribution < 1.29 is 27.6 Å². The van der Waals surface area contributed by atoms with Gasteiger partial charge >= 0.3 is 6.18 Å². The van der Waals surface area contributed by atoms with Crippen LogP contribution in [-0.2, 0) is 14.4 Å². The molecule has 0 aliphatic carbocycles. The number of alkyl halides is 3. The Morgan fingerprint density at radius 3 is 2.38 bits per heavy atom. The number of carbonyl (C=O) groups excluding carboxylic acids is 3. The molecule has 2 amide bonds. The first-order chi connectivity index (χ1) is 13.6. The van der Waals surface area contributed by atoms with Crippen molar-refractivity contribution >= 4 is 45.8 Å². The molecule has 0 aromatic heterocycles. The predicted octanol–water partition coefficient (Wildman–Crippen LogP) is 3.69. The van der Waals surface area contributed by atoms with Crippen LogP contribution in [0.4, 0.5) is 18.9 Å². The number of carbonyl (C=O) groups is 3. The molecule has 0 aliphatic rings. The molecule has 5 nitrogen and oxygen atoms in total. The summed E-state index contributed by atoms with van der Waals surface area (Å²) in [6, 6.07) is 11.8. The molecule has 29 heavy (non-hydrogen) atoms. The van der Waals surface area contributed by atoms with E-state index in [2.05, 4.69) is 0 Å². The summed E-state index contributed by atoms with van der Waals surface area (Å²) in [5.41, 5.74) is 6.08. The van der Waals surface area contributed by atoms with Crippen molar-refractivity contribution in [3.63, 3.8) is 0 Å². The molecule has 0 unspecified atom stereocenters. The zero-order chi connectivity index (χ0) is 21.6. The number of halogens is 3. The molecule has 0 radical (unpaired) electrons. The van der Waals surface area contributed by atoms with Crippen molar-refractivity contribution in [3.05, 3.63) is 42.5 Å². The van der Waals surface area contributed by atoms with Gasteiger partial charge in [0.05, 0.1) is 11.4 Å². The van der Waals surface area contributed by atoms with Crippen LogP contribution in [0.2, 0.25) is 0 Å². The van der Waals surface area contributed by atoms with E-state index in [4.69, 9.17) is 5.73 Å². The average Bonchev–Trinajstić information content (AvgIpc) is 2.65. The molecule has 2 aromatic carbocycles. The number of primary amides is 1. The minimum absolute atomic E-state index is 0.172. The number of nitrogens with two attached hydrogens (primary N) is 1. The van der Waals surface area contributed by atoms with Gasteiger partial charge in [0, 0.05) is 12.3 Å². The summed E-state index contributed by atoms with van der Waals surface area (Å²) in [5, 5.41) is 1.67. The lowest BCUT2D eigenvalue weighted by atomic mass is 10.0. The molecule has 0 fully saturated rings. The summed E-state index contributed by atoms with van der Waals surface area (Å²) in [6.07, 6.45) is -4.36. The van der Waals surface area contributed by atoms with Gasteiger partial charge in [-0.3, -0.25) is 19.3 Å². The van der Waals surface area contributed by atoms with E-state index in [1.54, 1.807) is 12.1 Å². The van der Waals surface area contributed by atoms with Crippen molar-refractivity contribution in [3.8, 4) is 0 Å². The summed E-state index contributed by atoms with van der Waals surface area (Å²) in [7, 11) is 0. The Labute approximate surface area is 170 Å². The highest BCUT2D eigenvalue weighted by atomic mass is 32.2. The SMILES string of the molecule is CC(=O)N(c1cccc2ccccc12)[C@@H](CCCSCC(=O)C(F)(F)F)C(N)=O. The quantitative estimate of drug-likeness (QED) is 0.620. The smallest absolute Gasteiger partial charge is 0.368 e. The van der Waals surface area contributed by atoms with E-state index in [0.717, 1.165) is 22.5 Å². The Bertz CT molecular complexity index is 897. The standard InChI is InChI=1S/C20H21F3N2O3S/c1-13(26)25(16-9-4-7-14-6-2-3-8-15(14)16)17(19(24)28)10-5-11-29-12-18(27)20(21,22)23/h2-4,6-9,17H,5,10-12H2,1H3,(H2,24,28)/t17-/m0/s1. The van der Waals surface area contributed by atoms with Gasteiger partial charge in [0.25, 0.3) is 0 Å². The molecule has 0 spiro atoms. The summed E-state index contributed by atoms with van der Waals surface area (Å²) in [5.74, 6) is -3.32.